The first-order valence-corrected chi connectivity index (χ1v) is 4.08. The average molecular weight is 196 g/mol. The van der Waals surface area contributed by atoms with E-state index in [4.69, 9.17) is 15.1 Å². The molecule has 0 radical (unpaired) electrons. The molecule has 0 aromatic rings. The van der Waals surface area contributed by atoms with Crippen LogP contribution < -0.4 is 0 Å². The summed E-state index contributed by atoms with van der Waals surface area (Å²) in [6, 6.07) is 0. The molecular weight excluding hydrogens is 191 g/mol. The molecule has 0 amide bonds. The topological polar surface area (TPSA) is 121 Å². The lowest BCUT2D eigenvalue weighted by molar-refractivity contribution is -0.131. The summed E-state index contributed by atoms with van der Waals surface area (Å²) in [5.74, 6) is -1.42. The molecule has 0 aliphatic rings. The molecule has 8 heteroatoms. The van der Waals surface area contributed by atoms with Crippen LogP contribution in [0.15, 0.2) is 12.3 Å². The maximum atomic E-state index is 10.4. The molecule has 1 unspecified atom stereocenters. The molecule has 0 aliphatic heterocycles. The van der Waals surface area contributed by atoms with E-state index in [9.17, 15) is 14.2 Å². The number of carboxylic acid groups (broad SMARTS) is 2. The number of aliphatic carboxylic acids is 1. The molecule has 0 saturated carbocycles. The van der Waals surface area contributed by atoms with E-state index in [0.717, 1.165) is 0 Å². The van der Waals surface area contributed by atoms with Gasteiger partial charge in [0, 0.05) is 0 Å². The molecule has 12 heavy (non-hydrogen) atoms. The van der Waals surface area contributed by atoms with E-state index < -0.39 is 19.3 Å². The molecule has 0 saturated heterocycles. The summed E-state index contributed by atoms with van der Waals surface area (Å²) in [6.45, 7) is 0. The van der Waals surface area contributed by atoms with Crippen molar-refractivity contribution in [3.05, 3.63) is 12.3 Å². The quantitative estimate of drug-likeness (QED) is 0.339. The molecule has 0 rings (SSSR count). The van der Waals surface area contributed by atoms with Gasteiger partial charge in [-0.25, -0.2) is 14.2 Å². The number of rotatable bonds is 4. The molecule has 1 atom stereocenters. The number of hydrogen-bond donors (Lipinski definition) is 3. The lowest BCUT2D eigenvalue weighted by Crippen LogP contribution is -1.96. The second-order valence-corrected chi connectivity index (χ2v) is 3.18. The van der Waals surface area contributed by atoms with Crippen molar-refractivity contribution in [3.8, 4) is 0 Å². The minimum atomic E-state index is -4.75. The van der Waals surface area contributed by atoms with Gasteiger partial charge in [0.1, 0.15) is 6.26 Å². The van der Waals surface area contributed by atoms with Gasteiger partial charge < -0.3 is 19.6 Å². The number of hydrogen-bond acceptors (Lipinski definition) is 4. The fourth-order valence-corrected chi connectivity index (χ4v) is 0.532. The van der Waals surface area contributed by atoms with Crippen LogP contribution in [0.5, 0.6) is 0 Å². The molecule has 0 fully saturated rings. The fraction of sp³-hybridized carbons (Fsp3) is 0. The van der Waals surface area contributed by atoms with E-state index in [1.165, 1.54) is 0 Å². The van der Waals surface area contributed by atoms with Crippen molar-refractivity contribution in [1.29, 1.82) is 0 Å². The Morgan fingerprint density at radius 2 is 1.83 bits per heavy atom. The first-order chi connectivity index (χ1) is 5.36. The van der Waals surface area contributed by atoms with Crippen molar-refractivity contribution in [2.24, 2.45) is 0 Å². The van der Waals surface area contributed by atoms with Crippen LogP contribution in [-0.2, 0) is 13.9 Å². The van der Waals surface area contributed by atoms with Crippen LogP contribution in [-0.4, -0.2) is 26.8 Å². The SMILES string of the molecule is O=C(O)C=COP(=O)(O)C(=O)O. The van der Waals surface area contributed by atoms with Crippen LogP contribution >= 0.6 is 7.60 Å². The fourth-order valence-electron chi connectivity index (χ4n) is 0.216. The Balaban J connectivity index is 4.19. The Morgan fingerprint density at radius 1 is 1.33 bits per heavy atom. The maximum absolute atomic E-state index is 10.4. The van der Waals surface area contributed by atoms with Crippen molar-refractivity contribution in [3.63, 3.8) is 0 Å². The van der Waals surface area contributed by atoms with E-state index in [2.05, 4.69) is 4.52 Å². The van der Waals surface area contributed by atoms with Gasteiger partial charge in [0.25, 0.3) is 0 Å². The first kappa shape index (κ1) is 10.7. The standard InChI is InChI=1S/C4H5O7P/c5-3(6)1-2-11-12(9,10)4(7)8/h1-2H,(H,5,6)(H,7,8)(H,9,10). The van der Waals surface area contributed by atoms with Gasteiger partial charge in [-0.3, -0.25) is 0 Å². The third-order valence-corrected chi connectivity index (χ3v) is 1.55. The third-order valence-electron chi connectivity index (χ3n) is 0.656. The summed E-state index contributed by atoms with van der Waals surface area (Å²) >= 11 is 0. The van der Waals surface area contributed by atoms with Gasteiger partial charge >= 0.3 is 19.3 Å². The monoisotopic (exact) mass is 196 g/mol. The minimum Gasteiger partial charge on any atom is -0.478 e. The normalized spacial score (nSPS) is 15.4. The van der Waals surface area contributed by atoms with Crippen LogP contribution in [0.2, 0.25) is 0 Å². The van der Waals surface area contributed by atoms with Gasteiger partial charge in [0.15, 0.2) is 0 Å². The number of carboxylic acids is 1. The molecular formula is C4H5O7P. The molecule has 7 nitrogen and oxygen atoms in total. The van der Waals surface area contributed by atoms with Gasteiger partial charge in [-0.05, 0) is 0 Å². The Labute approximate surface area is 66.4 Å². The zero-order valence-electron chi connectivity index (χ0n) is 5.58. The highest BCUT2D eigenvalue weighted by Gasteiger charge is 2.30. The highest BCUT2D eigenvalue weighted by atomic mass is 31.2. The van der Waals surface area contributed by atoms with Crippen LogP contribution in [0.3, 0.4) is 0 Å². The largest absolute Gasteiger partial charge is 0.484 e. The Bertz CT molecular complexity index is 267. The van der Waals surface area contributed by atoms with Crippen molar-refractivity contribution >= 4 is 19.3 Å². The maximum Gasteiger partial charge on any atom is 0.484 e. The van der Waals surface area contributed by atoms with E-state index in [1.807, 2.05) is 0 Å². The third kappa shape index (κ3) is 3.75. The van der Waals surface area contributed by atoms with E-state index in [1.54, 1.807) is 0 Å². The molecule has 0 aliphatic carbocycles. The van der Waals surface area contributed by atoms with Gasteiger partial charge in [-0.2, -0.15) is 0 Å². The molecule has 68 valence electrons. The lowest BCUT2D eigenvalue weighted by Gasteiger charge is -2.02. The van der Waals surface area contributed by atoms with Gasteiger partial charge in [0.05, 0.1) is 6.08 Å². The second kappa shape index (κ2) is 3.89. The van der Waals surface area contributed by atoms with Gasteiger partial charge in [-0.1, -0.05) is 0 Å². The van der Waals surface area contributed by atoms with E-state index >= 15 is 0 Å². The Hall–Kier alpha value is -1.33. The van der Waals surface area contributed by atoms with Crippen molar-refractivity contribution < 1.29 is 33.8 Å². The average Bonchev–Trinajstić information content (AvgIpc) is 1.85. The molecule has 0 spiro atoms. The van der Waals surface area contributed by atoms with Crippen molar-refractivity contribution in [1.82, 2.24) is 0 Å². The first-order valence-electron chi connectivity index (χ1n) is 2.50. The van der Waals surface area contributed by atoms with E-state index in [0.29, 0.717) is 12.3 Å². The lowest BCUT2D eigenvalue weighted by atomic mass is 10.7. The van der Waals surface area contributed by atoms with E-state index in [-0.39, 0.29) is 0 Å². The molecule has 0 aromatic carbocycles. The summed E-state index contributed by atoms with van der Waals surface area (Å²) in [5.41, 5.74) is -2.04. The van der Waals surface area contributed by atoms with Crippen LogP contribution in [0, 0.1) is 0 Å². The zero-order valence-corrected chi connectivity index (χ0v) is 6.47. The summed E-state index contributed by atoms with van der Waals surface area (Å²) in [4.78, 5) is 28.0. The van der Waals surface area contributed by atoms with Crippen molar-refractivity contribution in [2.45, 2.75) is 0 Å². The van der Waals surface area contributed by atoms with Gasteiger partial charge in [-0.15, -0.1) is 0 Å². The van der Waals surface area contributed by atoms with Crippen LogP contribution in [0.25, 0.3) is 0 Å². The molecule has 0 aromatic heterocycles. The minimum absolute atomic E-state index is 0.331. The van der Waals surface area contributed by atoms with Crippen LogP contribution in [0.1, 0.15) is 0 Å². The summed E-state index contributed by atoms with van der Waals surface area (Å²) in [5, 5.41) is 16.0. The van der Waals surface area contributed by atoms with Crippen molar-refractivity contribution in [2.75, 3.05) is 0 Å². The molecule has 0 heterocycles. The highest BCUT2D eigenvalue weighted by Crippen LogP contribution is 2.42. The predicted octanol–water partition coefficient (Wildman–Crippen LogP) is 0.465. The summed E-state index contributed by atoms with van der Waals surface area (Å²) < 4.78 is 14.1. The summed E-state index contributed by atoms with van der Waals surface area (Å²) in [6.07, 6.45) is 0.725. The highest BCUT2D eigenvalue weighted by molar-refractivity contribution is 7.70. The second-order valence-electron chi connectivity index (χ2n) is 1.55. The zero-order chi connectivity index (χ0) is 9.78. The molecule has 0 bridgehead atoms. The van der Waals surface area contributed by atoms with Crippen LogP contribution in [0.4, 0.5) is 4.79 Å². The molecule has 3 N–H and O–H groups in total. The Kier molecular flexibility index (Phi) is 3.46. The number of carbonyl (C=O) groups is 2. The predicted molar refractivity (Wildman–Crippen MR) is 35.7 cm³/mol. The summed E-state index contributed by atoms with van der Waals surface area (Å²) in [7, 11) is -4.75. The Morgan fingerprint density at radius 3 is 2.17 bits per heavy atom. The van der Waals surface area contributed by atoms with Gasteiger partial charge in [0.2, 0.25) is 0 Å². The smallest absolute Gasteiger partial charge is 0.478 e.